The minimum Gasteiger partial charge on any atom is -0.390 e. The first kappa shape index (κ1) is 13.3. The number of fused-ring (bicyclic) bond motifs is 1. The van der Waals surface area contributed by atoms with Crippen LogP contribution in [-0.4, -0.2) is 29.2 Å². The molecule has 18 heavy (non-hydrogen) atoms. The van der Waals surface area contributed by atoms with E-state index in [0.717, 1.165) is 15.8 Å². The number of aliphatic hydroxyl groups excluding tert-OH is 1. The lowest BCUT2D eigenvalue weighted by Gasteiger charge is -2.18. The van der Waals surface area contributed by atoms with Gasteiger partial charge in [0.05, 0.1) is 16.8 Å². The third-order valence-electron chi connectivity index (χ3n) is 2.72. The SMILES string of the molecule is CC(NCC(F)(F)CO)c1cnc2ccsc2c1. The third-order valence-corrected chi connectivity index (χ3v) is 3.58. The van der Waals surface area contributed by atoms with Gasteiger partial charge in [-0.05, 0) is 30.0 Å². The molecule has 1 unspecified atom stereocenters. The predicted molar refractivity (Wildman–Crippen MR) is 68.1 cm³/mol. The zero-order valence-electron chi connectivity index (χ0n) is 9.86. The van der Waals surface area contributed by atoms with E-state index in [1.807, 2.05) is 17.5 Å². The lowest BCUT2D eigenvalue weighted by Crippen LogP contribution is -2.37. The van der Waals surface area contributed by atoms with Crippen LogP contribution in [0.15, 0.2) is 23.7 Å². The number of aliphatic hydroxyl groups is 1. The van der Waals surface area contributed by atoms with E-state index in [2.05, 4.69) is 10.3 Å². The highest BCUT2D eigenvalue weighted by molar-refractivity contribution is 7.17. The van der Waals surface area contributed by atoms with E-state index in [-0.39, 0.29) is 6.04 Å². The molecule has 6 heteroatoms. The van der Waals surface area contributed by atoms with Crippen LogP contribution in [0.4, 0.5) is 8.78 Å². The average Bonchev–Trinajstić information content (AvgIpc) is 2.83. The number of nitrogens with one attached hydrogen (secondary N) is 1. The van der Waals surface area contributed by atoms with Crippen LogP contribution in [0.5, 0.6) is 0 Å². The van der Waals surface area contributed by atoms with Crippen LogP contribution in [-0.2, 0) is 0 Å². The molecule has 1 atom stereocenters. The van der Waals surface area contributed by atoms with Gasteiger partial charge in [0.2, 0.25) is 0 Å². The molecule has 2 aromatic rings. The molecule has 2 N–H and O–H groups in total. The van der Waals surface area contributed by atoms with Gasteiger partial charge in [0.25, 0.3) is 5.92 Å². The van der Waals surface area contributed by atoms with Gasteiger partial charge in [-0.25, -0.2) is 8.78 Å². The normalized spacial score (nSPS) is 14.0. The first-order valence-corrected chi connectivity index (χ1v) is 6.45. The Balaban J connectivity index is 2.06. The van der Waals surface area contributed by atoms with Gasteiger partial charge in [-0.15, -0.1) is 11.3 Å². The van der Waals surface area contributed by atoms with E-state index in [1.165, 1.54) is 0 Å². The van der Waals surface area contributed by atoms with Crippen molar-refractivity contribution in [1.82, 2.24) is 10.3 Å². The molecule has 0 saturated heterocycles. The van der Waals surface area contributed by atoms with Gasteiger partial charge < -0.3 is 10.4 Å². The largest absolute Gasteiger partial charge is 0.390 e. The summed E-state index contributed by atoms with van der Waals surface area (Å²) in [4.78, 5) is 4.26. The third kappa shape index (κ3) is 3.01. The average molecular weight is 272 g/mol. The Kier molecular flexibility index (Phi) is 3.89. The summed E-state index contributed by atoms with van der Waals surface area (Å²) in [5.41, 5.74) is 1.77. The van der Waals surface area contributed by atoms with Crippen LogP contribution < -0.4 is 5.32 Å². The Bertz CT molecular complexity index is 530. The lowest BCUT2D eigenvalue weighted by molar-refractivity contribution is -0.0490. The van der Waals surface area contributed by atoms with Crippen LogP contribution in [0.1, 0.15) is 18.5 Å². The second-order valence-electron chi connectivity index (χ2n) is 4.19. The number of rotatable bonds is 5. The van der Waals surface area contributed by atoms with Gasteiger partial charge in [-0.2, -0.15) is 0 Å². The summed E-state index contributed by atoms with van der Waals surface area (Å²) < 4.78 is 26.8. The number of alkyl halides is 2. The number of hydrogen-bond donors (Lipinski definition) is 2. The molecule has 0 amide bonds. The molecule has 2 rings (SSSR count). The molecule has 98 valence electrons. The number of halogens is 2. The van der Waals surface area contributed by atoms with Crippen molar-refractivity contribution in [2.45, 2.75) is 18.9 Å². The van der Waals surface area contributed by atoms with Crippen molar-refractivity contribution in [3.05, 3.63) is 29.3 Å². The van der Waals surface area contributed by atoms with E-state index in [4.69, 9.17) is 5.11 Å². The van der Waals surface area contributed by atoms with Crippen molar-refractivity contribution in [1.29, 1.82) is 0 Å². The van der Waals surface area contributed by atoms with Crippen LogP contribution in [0.3, 0.4) is 0 Å². The Morgan fingerprint density at radius 3 is 3.06 bits per heavy atom. The molecule has 0 bridgehead atoms. The van der Waals surface area contributed by atoms with E-state index < -0.39 is 19.1 Å². The fourth-order valence-corrected chi connectivity index (χ4v) is 2.36. The minimum absolute atomic E-state index is 0.235. The monoisotopic (exact) mass is 272 g/mol. The highest BCUT2D eigenvalue weighted by Crippen LogP contribution is 2.23. The molecule has 0 radical (unpaired) electrons. The maximum absolute atomic E-state index is 12.9. The first-order chi connectivity index (χ1) is 8.52. The van der Waals surface area contributed by atoms with Crippen LogP contribution in [0.25, 0.3) is 10.2 Å². The zero-order valence-corrected chi connectivity index (χ0v) is 10.7. The molecule has 0 aliphatic heterocycles. The van der Waals surface area contributed by atoms with Gasteiger partial charge in [0, 0.05) is 12.2 Å². The van der Waals surface area contributed by atoms with Crippen molar-refractivity contribution in [3.63, 3.8) is 0 Å². The van der Waals surface area contributed by atoms with Gasteiger partial charge in [-0.1, -0.05) is 0 Å². The highest BCUT2D eigenvalue weighted by atomic mass is 32.1. The Labute approximate surface area is 107 Å². The maximum Gasteiger partial charge on any atom is 0.282 e. The second kappa shape index (κ2) is 5.26. The summed E-state index contributed by atoms with van der Waals surface area (Å²) >= 11 is 1.57. The molecule has 0 aliphatic carbocycles. The highest BCUT2D eigenvalue weighted by Gasteiger charge is 2.27. The number of pyridine rings is 1. The second-order valence-corrected chi connectivity index (χ2v) is 5.14. The predicted octanol–water partition coefficient (Wildman–Crippen LogP) is 2.57. The maximum atomic E-state index is 12.9. The first-order valence-electron chi connectivity index (χ1n) is 5.57. The van der Waals surface area contributed by atoms with Crippen molar-refractivity contribution < 1.29 is 13.9 Å². The number of aromatic nitrogens is 1. The van der Waals surface area contributed by atoms with Gasteiger partial charge >= 0.3 is 0 Å². The summed E-state index contributed by atoms with van der Waals surface area (Å²) in [6, 6.07) is 3.63. The Morgan fingerprint density at radius 1 is 1.56 bits per heavy atom. The lowest BCUT2D eigenvalue weighted by atomic mass is 10.1. The van der Waals surface area contributed by atoms with Gasteiger partial charge in [0.1, 0.15) is 6.61 Å². The summed E-state index contributed by atoms with van der Waals surface area (Å²) in [6.45, 7) is 0.103. The molecule has 0 aromatic carbocycles. The smallest absolute Gasteiger partial charge is 0.282 e. The summed E-state index contributed by atoms with van der Waals surface area (Å²) in [5.74, 6) is -3.09. The van der Waals surface area contributed by atoms with E-state index >= 15 is 0 Å². The summed E-state index contributed by atoms with van der Waals surface area (Å²) in [6.07, 6.45) is 1.68. The molecule has 0 saturated carbocycles. The topological polar surface area (TPSA) is 45.1 Å². The van der Waals surface area contributed by atoms with Crippen molar-refractivity contribution in [3.8, 4) is 0 Å². The number of nitrogens with zero attached hydrogens (tertiary/aromatic N) is 1. The van der Waals surface area contributed by atoms with Crippen molar-refractivity contribution in [2.75, 3.05) is 13.2 Å². The van der Waals surface area contributed by atoms with Gasteiger partial charge in [-0.3, -0.25) is 4.98 Å². The van der Waals surface area contributed by atoms with Crippen LogP contribution in [0.2, 0.25) is 0 Å². The Hall–Kier alpha value is -1.11. The van der Waals surface area contributed by atoms with E-state index in [1.54, 1.807) is 24.5 Å². The van der Waals surface area contributed by atoms with Crippen LogP contribution in [0, 0.1) is 0 Å². The quantitative estimate of drug-likeness (QED) is 0.879. The molecular weight excluding hydrogens is 258 g/mol. The molecule has 2 heterocycles. The van der Waals surface area contributed by atoms with Gasteiger partial charge in [0.15, 0.2) is 0 Å². The molecule has 0 aliphatic rings. The zero-order chi connectivity index (χ0) is 13.2. The van der Waals surface area contributed by atoms with Crippen LogP contribution >= 0.6 is 11.3 Å². The fourth-order valence-electron chi connectivity index (χ4n) is 1.57. The minimum atomic E-state index is -3.09. The molecule has 0 fully saturated rings. The molecule has 0 spiro atoms. The van der Waals surface area contributed by atoms with E-state index in [9.17, 15) is 8.78 Å². The van der Waals surface area contributed by atoms with Crippen molar-refractivity contribution >= 4 is 21.6 Å². The number of thiophene rings is 1. The Morgan fingerprint density at radius 2 is 2.33 bits per heavy atom. The van der Waals surface area contributed by atoms with E-state index in [0.29, 0.717) is 0 Å². The fraction of sp³-hybridized carbons (Fsp3) is 0.417. The molecule has 2 aromatic heterocycles. The standard InChI is InChI=1S/C12H14F2N2OS/c1-8(16-6-12(13,14)7-17)9-4-11-10(15-5-9)2-3-18-11/h2-5,8,16-17H,6-7H2,1H3. The number of hydrogen-bond acceptors (Lipinski definition) is 4. The summed E-state index contributed by atoms with van der Waals surface area (Å²) in [7, 11) is 0. The van der Waals surface area contributed by atoms with Crippen molar-refractivity contribution in [2.24, 2.45) is 0 Å². The summed E-state index contributed by atoms with van der Waals surface area (Å²) in [5, 5.41) is 13.1. The molecule has 3 nitrogen and oxygen atoms in total. The molecular formula is C12H14F2N2OS.